The van der Waals surface area contributed by atoms with Crippen molar-refractivity contribution in [3.8, 4) is 5.75 Å². The third-order valence-corrected chi connectivity index (χ3v) is 4.69. The minimum atomic E-state index is 0.0839. The third kappa shape index (κ3) is 4.16. The van der Waals surface area contributed by atoms with Crippen LogP contribution >= 0.6 is 0 Å². The minimum Gasteiger partial charge on any atom is -0.496 e. The van der Waals surface area contributed by atoms with Crippen molar-refractivity contribution in [1.29, 1.82) is 0 Å². The van der Waals surface area contributed by atoms with Gasteiger partial charge in [0.25, 0.3) is 0 Å². The number of para-hydroxylation sites is 1. The van der Waals surface area contributed by atoms with Crippen molar-refractivity contribution in [2.24, 2.45) is 0 Å². The lowest BCUT2D eigenvalue weighted by Gasteiger charge is -2.16. The molecule has 0 saturated carbocycles. The van der Waals surface area contributed by atoms with E-state index in [1.165, 1.54) is 30.4 Å². The van der Waals surface area contributed by atoms with Gasteiger partial charge in [0.2, 0.25) is 5.91 Å². The summed E-state index contributed by atoms with van der Waals surface area (Å²) < 4.78 is 5.34. The van der Waals surface area contributed by atoms with Crippen molar-refractivity contribution >= 4 is 5.91 Å². The molecular formula is C21H25NO2. The second-order valence-corrected chi connectivity index (χ2v) is 6.40. The molecule has 1 amide bonds. The topological polar surface area (TPSA) is 38.3 Å². The molecule has 1 aliphatic rings. The van der Waals surface area contributed by atoms with Crippen molar-refractivity contribution in [1.82, 2.24) is 5.32 Å². The van der Waals surface area contributed by atoms with Crippen LogP contribution in [0.15, 0.2) is 42.5 Å². The molecule has 0 aromatic heterocycles. The van der Waals surface area contributed by atoms with Crippen molar-refractivity contribution in [2.45, 2.75) is 38.5 Å². The van der Waals surface area contributed by atoms with Crippen LogP contribution in [0, 0.1) is 0 Å². The number of ether oxygens (including phenoxy) is 1. The van der Waals surface area contributed by atoms with E-state index in [1.54, 1.807) is 7.11 Å². The van der Waals surface area contributed by atoms with E-state index in [1.807, 2.05) is 24.3 Å². The van der Waals surface area contributed by atoms with Gasteiger partial charge in [-0.05, 0) is 60.4 Å². The number of rotatable bonds is 6. The second kappa shape index (κ2) is 8.00. The minimum absolute atomic E-state index is 0.0839. The Hall–Kier alpha value is -2.29. The zero-order valence-corrected chi connectivity index (χ0v) is 14.3. The summed E-state index contributed by atoms with van der Waals surface area (Å²) in [6.45, 7) is 0.629. The van der Waals surface area contributed by atoms with Crippen molar-refractivity contribution in [3.05, 3.63) is 64.7 Å². The average molecular weight is 323 g/mol. The number of amides is 1. The zero-order valence-electron chi connectivity index (χ0n) is 14.3. The summed E-state index contributed by atoms with van der Waals surface area (Å²) in [5.41, 5.74) is 5.13. The van der Waals surface area contributed by atoms with Crippen LogP contribution in [0.3, 0.4) is 0 Å². The Morgan fingerprint density at radius 1 is 1.08 bits per heavy atom. The lowest BCUT2D eigenvalue weighted by atomic mass is 9.90. The maximum Gasteiger partial charge on any atom is 0.224 e. The van der Waals surface area contributed by atoms with Crippen LogP contribution in [-0.2, 0) is 30.5 Å². The Labute approximate surface area is 144 Å². The number of nitrogens with one attached hydrogen (secondary N) is 1. The fourth-order valence-corrected chi connectivity index (χ4v) is 3.39. The lowest BCUT2D eigenvalue weighted by molar-refractivity contribution is -0.120. The van der Waals surface area contributed by atoms with Gasteiger partial charge in [0.05, 0.1) is 13.5 Å². The molecule has 0 spiro atoms. The standard InChI is InChI=1S/C21H25NO2/c1-24-20-9-5-4-7-18(20)12-13-22-21(23)15-16-10-11-17-6-2-3-8-19(17)14-16/h4-5,7,9-11,14H,2-3,6,8,12-13,15H2,1H3,(H,22,23). The Morgan fingerprint density at radius 3 is 2.71 bits per heavy atom. The summed E-state index contributed by atoms with van der Waals surface area (Å²) in [6.07, 6.45) is 6.12. The van der Waals surface area contributed by atoms with Crippen molar-refractivity contribution in [2.75, 3.05) is 13.7 Å². The Bertz CT molecular complexity index is 709. The van der Waals surface area contributed by atoms with E-state index < -0.39 is 0 Å². The summed E-state index contributed by atoms with van der Waals surface area (Å²) in [5.74, 6) is 0.960. The van der Waals surface area contributed by atoms with E-state index in [4.69, 9.17) is 4.74 Å². The predicted octanol–water partition coefficient (Wildman–Crippen LogP) is 3.48. The molecule has 1 N–H and O–H groups in total. The van der Waals surface area contributed by atoms with Crippen LogP contribution in [-0.4, -0.2) is 19.6 Å². The molecule has 3 rings (SSSR count). The predicted molar refractivity (Wildman–Crippen MR) is 96.5 cm³/mol. The molecule has 0 radical (unpaired) electrons. The highest BCUT2D eigenvalue weighted by atomic mass is 16.5. The van der Waals surface area contributed by atoms with Gasteiger partial charge in [-0.1, -0.05) is 36.4 Å². The van der Waals surface area contributed by atoms with E-state index in [2.05, 4.69) is 23.5 Å². The van der Waals surface area contributed by atoms with Gasteiger partial charge in [0.1, 0.15) is 5.75 Å². The number of aryl methyl sites for hydroxylation is 2. The number of hydrogen-bond acceptors (Lipinski definition) is 2. The smallest absolute Gasteiger partial charge is 0.224 e. The molecule has 0 bridgehead atoms. The number of hydrogen-bond donors (Lipinski definition) is 1. The fraction of sp³-hybridized carbons (Fsp3) is 0.381. The van der Waals surface area contributed by atoms with Gasteiger partial charge in [-0.2, -0.15) is 0 Å². The molecule has 0 saturated heterocycles. The van der Waals surface area contributed by atoms with Crippen LogP contribution in [0.2, 0.25) is 0 Å². The summed E-state index contributed by atoms with van der Waals surface area (Å²) in [6, 6.07) is 14.5. The number of fused-ring (bicyclic) bond motifs is 1. The molecule has 2 aromatic carbocycles. The summed E-state index contributed by atoms with van der Waals surface area (Å²) in [4.78, 5) is 12.2. The van der Waals surface area contributed by atoms with Gasteiger partial charge >= 0.3 is 0 Å². The van der Waals surface area contributed by atoms with E-state index in [0.717, 1.165) is 29.7 Å². The van der Waals surface area contributed by atoms with Crippen LogP contribution in [0.5, 0.6) is 5.75 Å². The number of carbonyl (C=O) groups excluding carboxylic acids is 1. The molecule has 2 aromatic rings. The highest BCUT2D eigenvalue weighted by Crippen LogP contribution is 2.22. The monoisotopic (exact) mass is 323 g/mol. The zero-order chi connectivity index (χ0) is 16.8. The maximum atomic E-state index is 12.2. The number of benzene rings is 2. The van der Waals surface area contributed by atoms with Crippen LogP contribution in [0.1, 0.15) is 35.1 Å². The molecular weight excluding hydrogens is 298 g/mol. The van der Waals surface area contributed by atoms with Gasteiger partial charge in [0.15, 0.2) is 0 Å². The highest BCUT2D eigenvalue weighted by Gasteiger charge is 2.11. The molecule has 0 heterocycles. The molecule has 3 heteroatoms. The molecule has 0 fully saturated rings. The molecule has 126 valence electrons. The first-order chi connectivity index (χ1) is 11.8. The maximum absolute atomic E-state index is 12.2. The van der Waals surface area contributed by atoms with E-state index in [0.29, 0.717) is 13.0 Å². The molecule has 0 atom stereocenters. The summed E-state index contributed by atoms with van der Waals surface area (Å²) in [5, 5.41) is 3.02. The molecule has 3 nitrogen and oxygen atoms in total. The molecule has 24 heavy (non-hydrogen) atoms. The van der Waals surface area contributed by atoms with Crippen LogP contribution in [0.25, 0.3) is 0 Å². The quantitative estimate of drug-likeness (QED) is 0.884. The summed E-state index contributed by atoms with van der Waals surface area (Å²) >= 11 is 0. The highest BCUT2D eigenvalue weighted by molar-refractivity contribution is 5.78. The van der Waals surface area contributed by atoms with Gasteiger partial charge in [0, 0.05) is 6.54 Å². The van der Waals surface area contributed by atoms with Crippen molar-refractivity contribution in [3.63, 3.8) is 0 Å². The van der Waals surface area contributed by atoms with Gasteiger partial charge < -0.3 is 10.1 Å². The Morgan fingerprint density at radius 2 is 1.88 bits per heavy atom. The number of methoxy groups -OCH3 is 1. The largest absolute Gasteiger partial charge is 0.496 e. The van der Waals surface area contributed by atoms with Gasteiger partial charge in [-0.15, -0.1) is 0 Å². The molecule has 0 unspecified atom stereocenters. The van der Waals surface area contributed by atoms with Crippen LogP contribution < -0.4 is 10.1 Å². The lowest BCUT2D eigenvalue weighted by Crippen LogP contribution is -2.27. The SMILES string of the molecule is COc1ccccc1CCNC(=O)Cc1ccc2c(c1)CCCC2. The van der Waals surface area contributed by atoms with E-state index in [9.17, 15) is 4.79 Å². The molecule has 1 aliphatic carbocycles. The van der Waals surface area contributed by atoms with E-state index >= 15 is 0 Å². The van der Waals surface area contributed by atoms with Gasteiger partial charge in [-0.25, -0.2) is 0 Å². The summed E-state index contributed by atoms with van der Waals surface area (Å²) in [7, 11) is 1.67. The first kappa shape index (κ1) is 16.6. The average Bonchev–Trinajstić information content (AvgIpc) is 2.62. The first-order valence-corrected chi connectivity index (χ1v) is 8.75. The fourth-order valence-electron chi connectivity index (χ4n) is 3.39. The molecule has 0 aliphatic heterocycles. The normalized spacial score (nSPS) is 13.2. The van der Waals surface area contributed by atoms with E-state index in [-0.39, 0.29) is 5.91 Å². The second-order valence-electron chi connectivity index (χ2n) is 6.40. The number of carbonyl (C=O) groups is 1. The van der Waals surface area contributed by atoms with Crippen LogP contribution in [0.4, 0.5) is 0 Å². The van der Waals surface area contributed by atoms with Crippen molar-refractivity contribution < 1.29 is 9.53 Å². The Kier molecular flexibility index (Phi) is 5.52. The first-order valence-electron chi connectivity index (χ1n) is 8.75. The third-order valence-electron chi connectivity index (χ3n) is 4.69. The Balaban J connectivity index is 1.51. The van der Waals surface area contributed by atoms with Gasteiger partial charge in [-0.3, -0.25) is 4.79 Å².